The lowest BCUT2D eigenvalue weighted by Gasteiger charge is -2.28. The van der Waals surface area contributed by atoms with Gasteiger partial charge in [-0.25, -0.2) is 4.79 Å². The van der Waals surface area contributed by atoms with Crippen LogP contribution in [0.2, 0.25) is 0 Å². The lowest BCUT2D eigenvalue weighted by atomic mass is 10.2. The highest BCUT2D eigenvalue weighted by atomic mass is 16.5. The van der Waals surface area contributed by atoms with E-state index in [-0.39, 0.29) is 24.6 Å². The number of urea groups is 1. The standard InChI is InChI=1S/C19H28N4O4/c1-21(2)8-9-23(12-15-5-4-10-26-15)19(25)20-14-6-7-17-16(11-14)22(3)18(24)13-27-17/h6-7,11,15H,4-5,8-10,12-13H2,1-3H3,(H,20,25)/t15-/m1/s1. The van der Waals surface area contributed by atoms with Gasteiger partial charge in [0, 0.05) is 39.0 Å². The van der Waals surface area contributed by atoms with Gasteiger partial charge in [-0.3, -0.25) is 4.79 Å². The van der Waals surface area contributed by atoms with Crippen LogP contribution in [0, 0.1) is 0 Å². The van der Waals surface area contributed by atoms with E-state index in [4.69, 9.17) is 9.47 Å². The highest BCUT2D eigenvalue weighted by molar-refractivity contribution is 5.99. The van der Waals surface area contributed by atoms with Gasteiger partial charge in [-0.1, -0.05) is 0 Å². The topological polar surface area (TPSA) is 74.4 Å². The van der Waals surface area contributed by atoms with Crippen molar-refractivity contribution in [1.29, 1.82) is 0 Å². The molecule has 0 bridgehead atoms. The number of anilines is 2. The number of nitrogens with one attached hydrogen (secondary N) is 1. The predicted octanol–water partition coefficient (Wildman–Crippen LogP) is 1.62. The molecule has 0 saturated carbocycles. The van der Waals surface area contributed by atoms with Crippen LogP contribution in [-0.4, -0.2) is 81.8 Å². The average Bonchev–Trinajstić information content (AvgIpc) is 3.15. The summed E-state index contributed by atoms with van der Waals surface area (Å²) in [7, 11) is 5.67. The van der Waals surface area contributed by atoms with Crippen LogP contribution in [0.25, 0.3) is 0 Å². The van der Waals surface area contributed by atoms with E-state index in [0.717, 1.165) is 26.0 Å². The number of rotatable bonds is 6. The number of hydrogen-bond acceptors (Lipinski definition) is 5. The van der Waals surface area contributed by atoms with Gasteiger partial charge in [0.25, 0.3) is 5.91 Å². The molecule has 1 atom stereocenters. The van der Waals surface area contributed by atoms with Crippen molar-refractivity contribution in [2.75, 3.05) is 64.2 Å². The summed E-state index contributed by atoms with van der Waals surface area (Å²) in [5, 5.41) is 2.94. The molecule has 3 amide bonds. The van der Waals surface area contributed by atoms with Crippen molar-refractivity contribution in [3.8, 4) is 5.75 Å². The van der Waals surface area contributed by atoms with Gasteiger partial charge < -0.3 is 29.5 Å². The van der Waals surface area contributed by atoms with Crippen molar-refractivity contribution in [3.63, 3.8) is 0 Å². The minimum absolute atomic E-state index is 0.0366. The highest BCUT2D eigenvalue weighted by Crippen LogP contribution is 2.33. The first-order valence-corrected chi connectivity index (χ1v) is 9.29. The molecule has 2 aliphatic heterocycles. The molecule has 0 radical (unpaired) electrons. The molecule has 2 heterocycles. The lowest BCUT2D eigenvalue weighted by molar-refractivity contribution is -0.120. The van der Waals surface area contributed by atoms with Gasteiger partial charge in [-0.15, -0.1) is 0 Å². The third-order valence-corrected chi connectivity index (χ3v) is 4.85. The fourth-order valence-electron chi connectivity index (χ4n) is 3.18. The summed E-state index contributed by atoms with van der Waals surface area (Å²) in [6.07, 6.45) is 2.12. The summed E-state index contributed by atoms with van der Waals surface area (Å²) in [5.74, 6) is 0.524. The van der Waals surface area contributed by atoms with Crippen LogP contribution in [-0.2, 0) is 9.53 Å². The molecule has 1 fully saturated rings. The van der Waals surface area contributed by atoms with Gasteiger partial charge in [0.2, 0.25) is 0 Å². The van der Waals surface area contributed by atoms with Crippen LogP contribution in [0.5, 0.6) is 5.75 Å². The molecule has 0 spiro atoms. The maximum Gasteiger partial charge on any atom is 0.321 e. The second-order valence-electron chi connectivity index (χ2n) is 7.24. The monoisotopic (exact) mass is 376 g/mol. The van der Waals surface area contributed by atoms with Gasteiger partial charge in [-0.2, -0.15) is 0 Å². The Kier molecular flexibility index (Phi) is 6.18. The molecule has 1 saturated heterocycles. The van der Waals surface area contributed by atoms with E-state index in [1.165, 1.54) is 0 Å². The van der Waals surface area contributed by atoms with Gasteiger partial charge in [0.05, 0.1) is 11.8 Å². The Bertz CT molecular complexity index is 688. The van der Waals surface area contributed by atoms with Crippen molar-refractivity contribution in [1.82, 2.24) is 9.80 Å². The molecule has 8 heteroatoms. The number of likely N-dealkylation sites (N-methyl/N-ethyl adjacent to an activating group) is 2. The molecule has 2 aliphatic rings. The Balaban J connectivity index is 1.69. The molecular weight excluding hydrogens is 348 g/mol. The summed E-state index contributed by atoms with van der Waals surface area (Å²) in [6.45, 7) is 2.76. The number of amides is 3. The zero-order chi connectivity index (χ0) is 19.4. The van der Waals surface area contributed by atoms with Crippen LogP contribution >= 0.6 is 0 Å². The number of carbonyl (C=O) groups is 2. The largest absolute Gasteiger partial charge is 0.482 e. The van der Waals surface area contributed by atoms with Crippen LogP contribution < -0.4 is 15.0 Å². The van der Waals surface area contributed by atoms with Crippen molar-refractivity contribution in [2.45, 2.75) is 18.9 Å². The Morgan fingerprint density at radius 1 is 1.33 bits per heavy atom. The van der Waals surface area contributed by atoms with E-state index >= 15 is 0 Å². The van der Waals surface area contributed by atoms with E-state index in [1.807, 2.05) is 19.0 Å². The van der Waals surface area contributed by atoms with Crippen LogP contribution in [0.4, 0.5) is 16.2 Å². The smallest absolute Gasteiger partial charge is 0.321 e. The Hall–Kier alpha value is -2.32. The summed E-state index contributed by atoms with van der Waals surface area (Å²) in [5.41, 5.74) is 1.29. The molecule has 8 nitrogen and oxygen atoms in total. The van der Waals surface area contributed by atoms with E-state index in [0.29, 0.717) is 30.2 Å². The fourth-order valence-corrected chi connectivity index (χ4v) is 3.18. The maximum atomic E-state index is 12.9. The van der Waals surface area contributed by atoms with E-state index in [1.54, 1.807) is 35.0 Å². The Morgan fingerprint density at radius 2 is 2.15 bits per heavy atom. The molecule has 1 aromatic rings. The van der Waals surface area contributed by atoms with Gasteiger partial charge >= 0.3 is 6.03 Å². The first-order chi connectivity index (χ1) is 12.9. The van der Waals surface area contributed by atoms with Gasteiger partial charge in [0.15, 0.2) is 6.61 Å². The highest BCUT2D eigenvalue weighted by Gasteiger charge is 2.25. The number of benzene rings is 1. The van der Waals surface area contributed by atoms with E-state index in [2.05, 4.69) is 5.32 Å². The van der Waals surface area contributed by atoms with Gasteiger partial charge in [-0.05, 0) is 45.1 Å². The van der Waals surface area contributed by atoms with Crippen molar-refractivity contribution < 1.29 is 19.1 Å². The second-order valence-corrected chi connectivity index (χ2v) is 7.24. The zero-order valence-corrected chi connectivity index (χ0v) is 16.2. The fraction of sp³-hybridized carbons (Fsp3) is 0.579. The number of ether oxygens (including phenoxy) is 2. The first-order valence-electron chi connectivity index (χ1n) is 9.29. The minimum atomic E-state index is -0.169. The molecule has 0 unspecified atom stereocenters. The molecule has 0 aliphatic carbocycles. The minimum Gasteiger partial charge on any atom is -0.482 e. The summed E-state index contributed by atoms with van der Waals surface area (Å²) in [6, 6.07) is 5.16. The van der Waals surface area contributed by atoms with E-state index < -0.39 is 0 Å². The molecule has 3 rings (SSSR count). The summed E-state index contributed by atoms with van der Waals surface area (Å²) in [4.78, 5) is 30.1. The number of fused-ring (bicyclic) bond motifs is 1. The number of nitrogens with zero attached hydrogens (tertiary/aromatic N) is 3. The maximum absolute atomic E-state index is 12.9. The molecule has 0 aromatic heterocycles. The quantitative estimate of drug-likeness (QED) is 0.817. The van der Waals surface area contributed by atoms with Crippen LogP contribution in [0.3, 0.4) is 0 Å². The van der Waals surface area contributed by atoms with Crippen molar-refractivity contribution >= 4 is 23.3 Å². The number of carbonyl (C=O) groups excluding carboxylic acids is 2. The zero-order valence-electron chi connectivity index (χ0n) is 16.2. The van der Waals surface area contributed by atoms with Crippen molar-refractivity contribution in [3.05, 3.63) is 18.2 Å². The van der Waals surface area contributed by atoms with Crippen LogP contribution in [0.1, 0.15) is 12.8 Å². The molecule has 1 aromatic carbocycles. The normalized spacial score (nSPS) is 19.0. The Morgan fingerprint density at radius 3 is 2.85 bits per heavy atom. The SMILES string of the molecule is CN(C)CCN(C[C@H]1CCCO1)C(=O)Nc1ccc2c(c1)N(C)C(=O)CO2. The second kappa shape index (κ2) is 8.58. The third kappa shape index (κ3) is 4.90. The van der Waals surface area contributed by atoms with Crippen LogP contribution in [0.15, 0.2) is 18.2 Å². The average molecular weight is 376 g/mol. The lowest BCUT2D eigenvalue weighted by Crippen LogP contribution is -2.43. The summed E-state index contributed by atoms with van der Waals surface area (Å²) >= 11 is 0. The summed E-state index contributed by atoms with van der Waals surface area (Å²) < 4.78 is 11.1. The number of hydrogen-bond donors (Lipinski definition) is 1. The van der Waals surface area contributed by atoms with E-state index in [9.17, 15) is 9.59 Å². The first kappa shape index (κ1) is 19.4. The molecular formula is C19H28N4O4. The predicted molar refractivity (Wildman–Crippen MR) is 103 cm³/mol. The molecule has 27 heavy (non-hydrogen) atoms. The molecule has 1 N–H and O–H groups in total. The molecule has 148 valence electrons. The van der Waals surface area contributed by atoms with Gasteiger partial charge in [0.1, 0.15) is 5.75 Å². The Labute approximate surface area is 160 Å². The third-order valence-electron chi connectivity index (χ3n) is 4.85. The van der Waals surface area contributed by atoms with Crippen molar-refractivity contribution in [2.24, 2.45) is 0 Å².